The van der Waals surface area contributed by atoms with E-state index in [0.29, 0.717) is 18.0 Å². The molecule has 2 N–H and O–H groups in total. The summed E-state index contributed by atoms with van der Waals surface area (Å²) in [5.41, 5.74) is 0. The van der Waals surface area contributed by atoms with E-state index in [1.165, 1.54) is 0 Å². The summed E-state index contributed by atoms with van der Waals surface area (Å²) in [7, 11) is 1.61. The molecule has 0 aromatic heterocycles. The minimum absolute atomic E-state index is 0.273. The molecular formula is C5H9NO3S. The second-order valence-electron chi connectivity index (χ2n) is 1.61. The van der Waals surface area contributed by atoms with Gasteiger partial charge in [-0.15, -0.1) is 0 Å². The van der Waals surface area contributed by atoms with Gasteiger partial charge in [0, 0.05) is 5.75 Å². The summed E-state index contributed by atoms with van der Waals surface area (Å²) in [6.07, 6.45) is 0.690. The SMILES string of the molecule is CN[C@H](C=O)CSC(=O)O. The van der Waals surface area contributed by atoms with Gasteiger partial charge in [0.05, 0.1) is 6.04 Å². The molecule has 0 aliphatic carbocycles. The number of carboxylic acid groups (broad SMARTS) is 1. The van der Waals surface area contributed by atoms with Gasteiger partial charge in [-0.1, -0.05) is 0 Å². The second-order valence-corrected chi connectivity index (χ2v) is 2.58. The largest absolute Gasteiger partial charge is 0.473 e. The third-order valence-corrected chi connectivity index (χ3v) is 1.69. The van der Waals surface area contributed by atoms with E-state index in [0.717, 1.165) is 0 Å². The van der Waals surface area contributed by atoms with Crippen molar-refractivity contribution in [2.45, 2.75) is 6.04 Å². The monoisotopic (exact) mass is 163 g/mol. The second kappa shape index (κ2) is 5.25. The summed E-state index contributed by atoms with van der Waals surface area (Å²) in [5.74, 6) is 0.273. The molecule has 0 aromatic rings. The molecule has 0 fully saturated rings. The van der Waals surface area contributed by atoms with Gasteiger partial charge in [-0.2, -0.15) is 0 Å². The minimum atomic E-state index is -0.956. The van der Waals surface area contributed by atoms with Gasteiger partial charge in [-0.3, -0.25) is 0 Å². The van der Waals surface area contributed by atoms with Gasteiger partial charge in [0.25, 0.3) is 0 Å². The predicted molar refractivity (Wildman–Crippen MR) is 39.4 cm³/mol. The first-order valence-corrected chi connectivity index (χ1v) is 3.67. The van der Waals surface area contributed by atoms with Crippen LogP contribution in [0.2, 0.25) is 0 Å². The molecule has 1 atom stereocenters. The molecule has 0 heterocycles. The number of rotatable bonds is 4. The molecule has 0 aromatic carbocycles. The molecule has 0 saturated heterocycles. The van der Waals surface area contributed by atoms with Crippen LogP contribution in [0.25, 0.3) is 0 Å². The van der Waals surface area contributed by atoms with Gasteiger partial charge < -0.3 is 15.2 Å². The highest BCUT2D eigenvalue weighted by Gasteiger charge is 2.06. The van der Waals surface area contributed by atoms with Crippen LogP contribution in [0, 0.1) is 0 Å². The fourth-order valence-electron chi connectivity index (χ4n) is 0.352. The van der Waals surface area contributed by atoms with E-state index in [-0.39, 0.29) is 11.8 Å². The zero-order valence-electron chi connectivity index (χ0n) is 5.53. The van der Waals surface area contributed by atoms with E-state index in [9.17, 15) is 9.59 Å². The van der Waals surface area contributed by atoms with Crippen molar-refractivity contribution in [3.63, 3.8) is 0 Å². The normalized spacial score (nSPS) is 12.5. The molecule has 0 radical (unpaired) electrons. The van der Waals surface area contributed by atoms with Gasteiger partial charge in [0.1, 0.15) is 6.29 Å². The van der Waals surface area contributed by atoms with Crippen LogP contribution >= 0.6 is 11.8 Å². The maximum absolute atomic E-state index is 10.1. The summed E-state index contributed by atoms with van der Waals surface area (Å²) >= 11 is 0.711. The van der Waals surface area contributed by atoms with Crippen LogP contribution in [0.5, 0.6) is 0 Å². The predicted octanol–water partition coefficient (Wildman–Crippen LogP) is 0.185. The number of nitrogens with one attached hydrogen (secondary N) is 1. The van der Waals surface area contributed by atoms with E-state index >= 15 is 0 Å². The Kier molecular flexibility index (Phi) is 4.96. The van der Waals surface area contributed by atoms with Crippen molar-refractivity contribution in [2.75, 3.05) is 12.8 Å². The quantitative estimate of drug-likeness (QED) is 0.579. The lowest BCUT2D eigenvalue weighted by Gasteiger charge is -2.04. The zero-order valence-corrected chi connectivity index (χ0v) is 6.35. The summed E-state index contributed by atoms with van der Waals surface area (Å²) in [5, 5.41) is 9.87. The highest BCUT2D eigenvalue weighted by atomic mass is 32.2. The van der Waals surface area contributed by atoms with E-state index < -0.39 is 5.30 Å². The molecule has 0 saturated carbocycles. The number of thioether (sulfide) groups is 1. The van der Waals surface area contributed by atoms with E-state index in [4.69, 9.17) is 5.11 Å². The first kappa shape index (κ1) is 9.45. The van der Waals surface area contributed by atoms with E-state index in [2.05, 4.69) is 5.32 Å². The van der Waals surface area contributed by atoms with Gasteiger partial charge in [-0.05, 0) is 18.8 Å². The number of carbonyl (C=O) groups is 2. The molecular weight excluding hydrogens is 154 g/mol. The Labute approximate surface area is 63.0 Å². The Hall–Kier alpha value is -0.550. The summed E-state index contributed by atoms with van der Waals surface area (Å²) in [4.78, 5) is 20.0. The maximum atomic E-state index is 10.1. The number of hydrogen-bond acceptors (Lipinski definition) is 4. The summed E-state index contributed by atoms with van der Waals surface area (Å²) < 4.78 is 0. The molecule has 0 spiro atoms. The number of aldehydes is 1. The first-order chi connectivity index (χ1) is 4.70. The van der Waals surface area contributed by atoms with Crippen molar-refractivity contribution >= 4 is 23.3 Å². The molecule has 58 valence electrons. The van der Waals surface area contributed by atoms with Crippen LogP contribution in [-0.4, -0.2) is 35.5 Å². The lowest BCUT2D eigenvalue weighted by atomic mass is 10.4. The van der Waals surface area contributed by atoms with Crippen LogP contribution in [-0.2, 0) is 4.79 Å². The number of carbonyl (C=O) groups excluding carboxylic acids is 1. The van der Waals surface area contributed by atoms with Crippen molar-refractivity contribution in [1.82, 2.24) is 5.32 Å². The Balaban J connectivity index is 3.44. The van der Waals surface area contributed by atoms with Crippen molar-refractivity contribution in [2.24, 2.45) is 0 Å². The average Bonchev–Trinajstić information content (AvgIpc) is 1.90. The molecule has 0 amide bonds. The Morgan fingerprint density at radius 2 is 2.50 bits per heavy atom. The lowest BCUT2D eigenvalue weighted by Crippen LogP contribution is -2.29. The summed E-state index contributed by atoms with van der Waals surface area (Å²) in [6, 6.07) is -0.360. The molecule has 10 heavy (non-hydrogen) atoms. The molecule has 0 unspecified atom stereocenters. The van der Waals surface area contributed by atoms with Crippen molar-refractivity contribution in [3.8, 4) is 0 Å². The third kappa shape index (κ3) is 4.34. The van der Waals surface area contributed by atoms with Gasteiger partial charge in [-0.25, -0.2) is 4.79 Å². The minimum Gasteiger partial charge on any atom is -0.473 e. The van der Waals surface area contributed by atoms with Gasteiger partial charge in [0.15, 0.2) is 0 Å². The molecule has 0 aliphatic heterocycles. The van der Waals surface area contributed by atoms with Gasteiger partial charge >= 0.3 is 5.30 Å². The molecule has 4 nitrogen and oxygen atoms in total. The van der Waals surface area contributed by atoms with Crippen molar-refractivity contribution in [1.29, 1.82) is 0 Å². The molecule has 0 rings (SSSR count). The standard InChI is InChI=1S/C5H9NO3S/c1-6-4(2-7)3-10-5(8)9/h2,4,6H,3H2,1H3,(H,8,9)/t4-/m1/s1. The number of hydrogen-bond donors (Lipinski definition) is 2. The highest BCUT2D eigenvalue weighted by molar-refractivity contribution is 8.13. The smallest absolute Gasteiger partial charge is 0.364 e. The number of likely N-dealkylation sites (N-methyl/N-ethyl adjacent to an activating group) is 1. The van der Waals surface area contributed by atoms with Crippen LogP contribution in [0.4, 0.5) is 4.79 Å². The van der Waals surface area contributed by atoms with Crippen LogP contribution < -0.4 is 5.32 Å². The maximum Gasteiger partial charge on any atom is 0.364 e. The molecule has 0 aliphatic rings. The highest BCUT2D eigenvalue weighted by Crippen LogP contribution is 2.01. The Bertz CT molecular complexity index is 128. The van der Waals surface area contributed by atoms with Gasteiger partial charge in [0.2, 0.25) is 0 Å². The van der Waals surface area contributed by atoms with E-state index in [1.54, 1.807) is 7.05 Å². The van der Waals surface area contributed by atoms with Crippen LogP contribution in [0.1, 0.15) is 0 Å². The Morgan fingerprint density at radius 3 is 2.80 bits per heavy atom. The van der Waals surface area contributed by atoms with Crippen molar-refractivity contribution in [3.05, 3.63) is 0 Å². The van der Waals surface area contributed by atoms with E-state index in [1.807, 2.05) is 0 Å². The lowest BCUT2D eigenvalue weighted by molar-refractivity contribution is -0.109. The Morgan fingerprint density at radius 1 is 1.90 bits per heavy atom. The van der Waals surface area contributed by atoms with Crippen LogP contribution in [0.15, 0.2) is 0 Å². The third-order valence-electron chi connectivity index (χ3n) is 0.921. The fraction of sp³-hybridized carbons (Fsp3) is 0.600. The van der Waals surface area contributed by atoms with Crippen LogP contribution in [0.3, 0.4) is 0 Å². The molecule has 0 bridgehead atoms. The topological polar surface area (TPSA) is 66.4 Å². The average molecular weight is 163 g/mol. The van der Waals surface area contributed by atoms with Crippen molar-refractivity contribution < 1.29 is 14.7 Å². The molecule has 5 heteroatoms. The zero-order chi connectivity index (χ0) is 7.98. The fourth-order valence-corrected chi connectivity index (χ4v) is 0.919. The first-order valence-electron chi connectivity index (χ1n) is 2.69. The summed E-state index contributed by atoms with van der Waals surface area (Å²) in [6.45, 7) is 0.